The van der Waals surface area contributed by atoms with Gasteiger partial charge in [0.2, 0.25) is 5.91 Å². The van der Waals surface area contributed by atoms with Crippen LogP contribution in [0.25, 0.3) is 0 Å². The molecule has 1 aromatic carbocycles. The van der Waals surface area contributed by atoms with Crippen molar-refractivity contribution in [1.82, 2.24) is 10.2 Å². The van der Waals surface area contributed by atoms with Gasteiger partial charge in [-0.05, 0) is 17.7 Å². The summed E-state index contributed by atoms with van der Waals surface area (Å²) in [6, 6.07) is 6.89. The Hall–Kier alpha value is -1.59. The average molecular weight is 250 g/mol. The summed E-state index contributed by atoms with van der Waals surface area (Å²) in [7, 11) is 0. The lowest BCUT2D eigenvalue weighted by molar-refractivity contribution is -0.123. The minimum atomic E-state index is 0.000225. The minimum absolute atomic E-state index is 0.000225. The van der Waals surface area contributed by atoms with Crippen molar-refractivity contribution < 1.29 is 14.6 Å². The largest absolute Gasteiger partial charge is 0.508 e. The molecule has 0 spiro atoms. The molecule has 2 rings (SSSR count). The van der Waals surface area contributed by atoms with Gasteiger partial charge < -0.3 is 15.2 Å². The van der Waals surface area contributed by atoms with E-state index in [1.807, 2.05) is 6.07 Å². The Balaban J connectivity index is 1.74. The average Bonchev–Trinajstić information content (AvgIpc) is 2.38. The third kappa shape index (κ3) is 4.01. The molecule has 98 valence electrons. The zero-order valence-electron chi connectivity index (χ0n) is 10.3. The van der Waals surface area contributed by atoms with Gasteiger partial charge in [-0.2, -0.15) is 0 Å². The van der Waals surface area contributed by atoms with E-state index in [0.29, 0.717) is 26.3 Å². The second-order valence-electron chi connectivity index (χ2n) is 4.34. The van der Waals surface area contributed by atoms with Crippen LogP contribution >= 0.6 is 0 Å². The van der Waals surface area contributed by atoms with Crippen LogP contribution in [-0.4, -0.2) is 48.8 Å². The number of nitrogens with zero attached hydrogens (tertiary/aromatic N) is 1. The van der Waals surface area contributed by atoms with Gasteiger partial charge in [0, 0.05) is 19.6 Å². The summed E-state index contributed by atoms with van der Waals surface area (Å²) in [6.45, 7) is 3.85. The number of benzene rings is 1. The molecule has 2 N–H and O–H groups in total. The molecule has 1 saturated heterocycles. The SMILES string of the molecule is O=C(CN1CCOCC1)NCc1cccc(O)c1. The quantitative estimate of drug-likeness (QED) is 0.809. The summed E-state index contributed by atoms with van der Waals surface area (Å²) in [5.74, 6) is 0.218. The van der Waals surface area contributed by atoms with E-state index in [1.165, 1.54) is 0 Å². The predicted octanol–water partition coefficient (Wildman–Crippen LogP) is 0.341. The van der Waals surface area contributed by atoms with Gasteiger partial charge in [0.25, 0.3) is 0 Å². The Bertz CT molecular complexity index is 403. The number of hydrogen-bond donors (Lipinski definition) is 2. The zero-order valence-corrected chi connectivity index (χ0v) is 10.3. The number of carbonyl (C=O) groups is 1. The van der Waals surface area contributed by atoms with Crippen molar-refractivity contribution in [3.63, 3.8) is 0 Å². The van der Waals surface area contributed by atoms with E-state index in [4.69, 9.17) is 4.74 Å². The highest BCUT2D eigenvalue weighted by atomic mass is 16.5. The van der Waals surface area contributed by atoms with Gasteiger partial charge in [-0.15, -0.1) is 0 Å². The van der Waals surface area contributed by atoms with Crippen molar-refractivity contribution in [2.24, 2.45) is 0 Å². The Morgan fingerprint density at radius 2 is 2.17 bits per heavy atom. The van der Waals surface area contributed by atoms with Crippen molar-refractivity contribution in [2.75, 3.05) is 32.8 Å². The first kappa shape index (κ1) is 12.9. The molecule has 0 bridgehead atoms. The van der Waals surface area contributed by atoms with Crippen molar-refractivity contribution in [3.8, 4) is 5.75 Å². The first-order valence-corrected chi connectivity index (χ1v) is 6.09. The molecule has 1 heterocycles. The highest BCUT2D eigenvalue weighted by molar-refractivity contribution is 5.78. The van der Waals surface area contributed by atoms with Crippen LogP contribution in [0.5, 0.6) is 5.75 Å². The zero-order chi connectivity index (χ0) is 12.8. The molecule has 0 unspecified atom stereocenters. The first-order valence-electron chi connectivity index (χ1n) is 6.09. The number of rotatable bonds is 4. The van der Waals surface area contributed by atoms with E-state index in [2.05, 4.69) is 10.2 Å². The number of phenols is 1. The number of ether oxygens (including phenoxy) is 1. The summed E-state index contributed by atoms with van der Waals surface area (Å²) in [5, 5.41) is 12.1. The minimum Gasteiger partial charge on any atom is -0.508 e. The monoisotopic (exact) mass is 250 g/mol. The normalized spacial score (nSPS) is 16.4. The maximum Gasteiger partial charge on any atom is 0.234 e. The van der Waals surface area contributed by atoms with Gasteiger partial charge in [-0.3, -0.25) is 9.69 Å². The predicted molar refractivity (Wildman–Crippen MR) is 67.2 cm³/mol. The van der Waals surface area contributed by atoms with Crippen LogP contribution in [0.15, 0.2) is 24.3 Å². The molecule has 5 nitrogen and oxygen atoms in total. The highest BCUT2D eigenvalue weighted by Gasteiger charge is 2.13. The molecule has 1 amide bonds. The number of hydrogen-bond acceptors (Lipinski definition) is 4. The molecule has 0 atom stereocenters. The second-order valence-corrected chi connectivity index (χ2v) is 4.34. The highest BCUT2D eigenvalue weighted by Crippen LogP contribution is 2.10. The van der Waals surface area contributed by atoms with Gasteiger partial charge in [0.05, 0.1) is 19.8 Å². The Kier molecular flexibility index (Phi) is 4.55. The standard InChI is InChI=1S/C13H18N2O3/c16-12-3-1-2-11(8-12)9-14-13(17)10-15-4-6-18-7-5-15/h1-3,8,16H,4-7,9-10H2,(H,14,17). The van der Waals surface area contributed by atoms with Crippen molar-refractivity contribution in [2.45, 2.75) is 6.54 Å². The fourth-order valence-electron chi connectivity index (χ4n) is 1.89. The maximum atomic E-state index is 11.7. The number of phenolic OH excluding ortho intramolecular Hbond substituents is 1. The molecule has 18 heavy (non-hydrogen) atoms. The summed E-state index contributed by atoms with van der Waals surface area (Å²) in [6.07, 6.45) is 0. The number of amides is 1. The number of morpholine rings is 1. The lowest BCUT2D eigenvalue weighted by Crippen LogP contribution is -2.43. The number of aromatic hydroxyl groups is 1. The van der Waals surface area contributed by atoms with Crippen LogP contribution in [0.4, 0.5) is 0 Å². The van der Waals surface area contributed by atoms with E-state index in [-0.39, 0.29) is 11.7 Å². The lowest BCUT2D eigenvalue weighted by Gasteiger charge is -2.25. The van der Waals surface area contributed by atoms with Crippen LogP contribution in [0.1, 0.15) is 5.56 Å². The van der Waals surface area contributed by atoms with Crippen molar-refractivity contribution >= 4 is 5.91 Å². The van der Waals surface area contributed by atoms with E-state index < -0.39 is 0 Å². The molecule has 1 fully saturated rings. The molecule has 5 heteroatoms. The molecular weight excluding hydrogens is 232 g/mol. The topological polar surface area (TPSA) is 61.8 Å². The van der Waals surface area contributed by atoms with Gasteiger partial charge in [0.1, 0.15) is 5.75 Å². The van der Waals surface area contributed by atoms with Crippen LogP contribution in [-0.2, 0) is 16.1 Å². The maximum absolute atomic E-state index is 11.7. The van der Waals surface area contributed by atoms with E-state index in [1.54, 1.807) is 18.2 Å². The van der Waals surface area contributed by atoms with Gasteiger partial charge >= 0.3 is 0 Å². The third-order valence-electron chi connectivity index (χ3n) is 2.87. The fraction of sp³-hybridized carbons (Fsp3) is 0.462. The molecule has 0 saturated carbocycles. The van der Waals surface area contributed by atoms with E-state index >= 15 is 0 Å². The molecule has 1 aliphatic rings. The number of carbonyl (C=O) groups excluding carboxylic acids is 1. The summed E-state index contributed by atoms with van der Waals surface area (Å²) in [4.78, 5) is 13.8. The van der Waals surface area contributed by atoms with Gasteiger partial charge in [-0.1, -0.05) is 12.1 Å². The summed E-state index contributed by atoms with van der Waals surface area (Å²) >= 11 is 0. The van der Waals surface area contributed by atoms with Crippen LogP contribution in [0.2, 0.25) is 0 Å². The fourth-order valence-corrected chi connectivity index (χ4v) is 1.89. The molecule has 0 aromatic heterocycles. The third-order valence-corrected chi connectivity index (χ3v) is 2.87. The summed E-state index contributed by atoms with van der Waals surface area (Å²) < 4.78 is 5.22. The van der Waals surface area contributed by atoms with E-state index in [0.717, 1.165) is 18.7 Å². The van der Waals surface area contributed by atoms with E-state index in [9.17, 15) is 9.90 Å². The Labute approximate surface area is 106 Å². The van der Waals surface area contributed by atoms with Crippen LogP contribution in [0, 0.1) is 0 Å². The van der Waals surface area contributed by atoms with Crippen LogP contribution in [0.3, 0.4) is 0 Å². The molecule has 0 aliphatic carbocycles. The Morgan fingerprint density at radius 1 is 1.39 bits per heavy atom. The van der Waals surface area contributed by atoms with Crippen molar-refractivity contribution in [3.05, 3.63) is 29.8 Å². The number of nitrogens with one attached hydrogen (secondary N) is 1. The molecule has 0 radical (unpaired) electrons. The molecule has 1 aliphatic heterocycles. The molecular formula is C13H18N2O3. The summed E-state index contributed by atoms with van der Waals surface area (Å²) in [5.41, 5.74) is 0.894. The van der Waals surface area contributed by atoms with Gasteiger partial charge in [0.15, 0.2) is 0 Å². The lowest BCUT2D eigenvalue weighted by atomic mass is 10.2. The first-order chi connectivity index (χ1) is 8.74. The Morgan fingerprint density at radius 3 is 2.89 bits per heavy atom. The molecule has 1 aromatic rings. The smallest absolute Gasteiger partial charge is 0.234 e. The van der Waals surface area contributed by atoms with Crippen molar-refractivity contribution in [1.29, 1.82) is 0 Å². The van der Waals surface area contributed by atoms with Crippen LogP contribution < -0.4 is 5.32 Å². The van der Waals surface area contributed by atoms with Gasteiger partial charge in [-0.25, -0.2) is 0 Å². The second kappa shape index (κ2) is 6.37.